The van der Waals surface area contributed by atoms with Gasteiger partial charge >= 0.3 is 6.18 Å². The Labute approximate surface area is 119 Å². The van der Waals surface area contributed by atoms with Crippen LogP contribution in [0.25, 0.3) is 10.2 Å². The fourth-order valence-corrected chi connectivity index (χ4v) is 4.13. The fourth-order valence-electron chi connectivity index (χ4n) is 2.89. The Hall–Kier alpha value is -1.10. The predicted molar refractivity (Wildman–Crippen MR) is 75.1 cm³/mol. The number of hydrogen-bond acceptors (Lipinski definition) is 2. The summed E-state index contributed by atoms with van der Waals surface area (Å²) in [7, 11) is 0. The van der Waals surface area contributed by atoms with Crippen LogP contribution in [0.4, 0.5) is 13.2 Å². The highest BCUT2D eigenvalue weighted by molar-refractivity contribution is 7.18. The van der Waals surface area contributed by atoms with E-state index >= 15 is 0 Å². The first-order valence-electron chi connectivity index (χ1n) is 6.87. The third-order valence-corrected chi connectivity index (χ3v) is 5.28. The molecule has 2 aromatic rings. The highest BCUT2D eigenvalue weighted by Crippen LogP contribution is 2.44. The van der Waals surface area contributed by atoms with E-state index in [9.17, 15) is 13.2 Å². The summed E-state index contributed by atoms with van der Waals surface area (Å²) in [6.45, 7) is 2.04. The number of benzene rings is 1. The second kappa shape index (κ2) is 5.02. The van der Waals surface area contributed by atoms with Gasteiger partial charge in [-0.3, -0.25) is 0 Å². The van der Waals surface area contributed by atoms with Gasteiger partial charge in [0.1, 0.15) is 0 Å². The quantitative estimate of drug-likeness (QED) is 0.683. The summed E-state index contributed by atoms with van der Waals surface area (Å²) >= 11 is 1.63. The van der Waals surface area contributed by atoms with Crippen molar-refractivity contribution in [2.75, 3.05) is 0 Å². The molecule has 1 nitrogen and oxygen atoms in total. The molecule has 1 aliphatic carbocycles. The smallest absolute Gasteiger partial charge is 0.241 e. The minimum Gasteiger partial charge on any atom is -0.241 e. The molecule has 1 aromatic heterocycles. The average molecular weight is 299 g/mol. The number of halogens is 3. The molecule has 20 heavy (non-hydrogen) atoms. The van der Waals surface area contributed by atoms with E-state index in [0.29, 0.717) is 12.8 Å². The molecule has 1 heterocycles. The molecule has 0 N–H and O–H groups in total. The highest BCUT2D eigenvalue weighted by atomic mass is 32.1. The van der Waals surface area contributed by atoms with Crippen LogP contribution in [0, 0.1) is 12.8 Å². The molecule has 0 unspecified atom stereocenters. The zero-order chi connectivity index (χ0) is 14.3. The molecular weight excluding hydrogens is 283 g/mol. The highest BCUT2D eigenvalue weighted by Gasteiger charge is 2.41. The Bertz CT molecular complexity index is 609. The van der Waals surface area contributed by atoms with Crippen molar-refractivity contribution in [2.45, 2.75) is 44.7 Å². The van der Waals surface area contributed by atoms with Gasteiger partial charge < -0.3 is 0 Å². The van der Waals surface area contributed by atoms with Crippen LogP contribution in [0.1, 0.15) is 42.2 Å². The van der Waals surface area contributed by atoms with Gasteiger partial charge in [-0.25, -0.2) is 4.98 Å². The Morgan fingerprint density at radius 3 is 2.50 bits per heavy atom. The molecule has 0 radical (unpaired) electrons. The molecule has 0 amide bonds. The monoisotopic (exact) mass is 299 g/mol. The minimum absolute atomic E-state index is 0.200. The van der Waals surface area contributed by atoms with Gasteiger partial charge in [-0.1, -0.05) is 6.07 Å². The summed E-state index contributed by atoms with van der Waals surface area (Å²) in [6.07, 6.45) is -2.35. The van der Waals surface area contributed by atoms with E-state index in [0.717, 1.165) is 15.2 Å². The van der Waals surface area contributed by atoms with Crippen molar-refractivity contribution in [3.8, 4) is 0 Å². The van der Waals surface area contributed by atoms with Crippen molar-refractivity contribution in [3.63, 3.8) is 0 Å². The summed E-state index contributed by atoms with van der Waals surface area (Å²) in [5, 5.41) is 1.01. The van der Waals surface area contributed by atoms with Crippen molar-refractivity contribution in [1.82, 2.24) is 4.98 Å². The van der Waals surface area contributed by atoms with Gasteiger partial charge in [-0.2, -0.15) is 13.2 Å². The molecule has 1 saturated carbocycles. The molecule has 1 aliphatic rings. The van der Waals surface area contributed by atoms with Crippen molar-refractivity contribution < 1.29 is 13.2 Å². The lowest BCUT2D eigenvalue weighted by molar-refractivity contribution is -0.182. The van der Waals surface area contributed by atoms with Gasteiger partial charge in [0.15, 0.2) is 0 Å². The lowest BCUT2D eigenvalue weighted by Crippen LogP contribution is -2.27. The number of aryl methyl sites for hydroxylation is 1. The molecule has 108 valence electrons. The fraction of sp³-hybridized carbons (Fsp3) is 0.533. The van der Waals surface area contributed by atoms with Crippen LogP contribution >= 0.6 is 11.3 Å². The number of alkyl halides is 3. The summed E-state index contributed by atoms with van der Waals surface area (Å²) in [5.41, 5.74) is 2.15. The minimum atomic E-state index is -4.03. The molecule has 5 heteroatoms. The van der Waals surface area contributed by atoms with Crippen LogP contribution in [0.5, 0.6) is 0 Å². The van der Waals surface area contributed by atoms with Gasteiger partial charge in [0.2, 0.25) is 0 Å². The molecule has 1 aromatic carbocycles. The van der Waals surface area contributed by atoms with Crippen molar-refractivity contribution in [1.29, 1.82) is 0 Å². The maximum atomic E-state index is 12.7. The SMILES string of the molecule is Cc1ccc2nc(C3CCC(C(F)(F)F)CC3)sc2c1. The van der Waals surface area contributed by atoms with Crippen LogP contribution in [0.3, 0.4) is 0 Å². The van der Waals surface area contributed by atoms with Crippen LogP contribution in [0.15, 0.2) is 18.2 Å². The predicted octanol–water partition coefficient (Wildman–Crippen LogP) is 5.44. The van der Waals surface area contributed by atoms with Crippen LogP contribution in [0.2, 0.25) is 0 Å². The first kappa shape index (κ1) is 13.9. The number of rotatable bonds is 1. The molecule has 1 fully saturated rings. The number of thiazole rings is 1. The van der Waals surface area contributed by atoms with Gasteiger partial charge in [0.05, 0.1) is 21.1 Å². The second-order valence-corrected chi connectivity index (χ2v) is 6.68. The van der Waals surface area contributed by atoms with E-state index in [1.807, 2.05) is 19.1 Å². The molecular formula is C15H16F3NS. The lowest BCUT2D eigenvalue weighted by Gasteiger charge is -2.28. The van der Waals surface area contributed by atoms with Crippen molar-refractivity contribution in [2.24, 2.45) is 5.92 Å². The topological polar surface area (TPSA) is 12.9 Å². The van der Waals surface area contributed by atoms with Gasteiger partial charge in [0.25, 0.3) is 0 Å². The van der Waals surface area contributed by atoms with E-state index < -0.39 is 12.1 Å². The van der Waals surface area contributed by atoms with Gasteiger partial charge in [-0.15, -0.1) is 11.3 Å². The largest absolute Gasteiger partial charge is 0.391 e. The average Bonchev–Trinajstić information content (AvgIpc) is 2.80. The van der Waals surface area contributed by atoms with Crippen LogP contribution in [-0.2, 0) is 0 Å². The first-order chi connectivity index (χ1) is 9.43. The van der Waals surface area contributed by atoms with Crippen LogP contribution in [-0.4, -0.2) is 11.2 Å². The molecule has 3 rings (SSSR count). The maximum Gasteiger partial charge on any atom is 0.391 e. The summed E-state index contributed by atoms with van der Waals surface area (Å²) in [6, 6.07) is 6.11. The van der Waals surface area contributed by atoms with E-state index in [2.05, 4.69) is 11.1 Å². The van der Waals surface area contributed by atoms with Crippen molar-refractivity contribution >= 4 is 21.6 Å². The van der Waals surface area contributed by atoms with E-state index in [1.54, 1.807) is 11.3 Å². The lowest BCUT2D eigenvalue weighted by atomic mass is 9.82. The number of aromatic nitrogens is 1. The molecule has 0 aliphatic heterocycles. The standard InChI is InChI=1S/C15H16F3NS/c1-9-2-7-12-13(8-9)20-14(19-12)10-3-5-11(6-4-10)15(16,17)18/h2,7-8,10-11H,3-6H2,1H3. The van der Waals surface area contributed by atoms with E-state index in [1.165, 1.54) is 5.56 Å². The second-order valence-electron chi connectivity index (χ2n) is 5.61. The van der Waals surface area contributed by atoms with E-state index in [4.69, 9.17) is 0 Å². The number of hydrogen-bond donors (Lipinski definition) is 0. The zero-order valence-corrected chi connectivity index (χ0v) is 12.0. The normalized spacial score (nSPS) is 24.2. The zero-order valence-electron chi connectivity index (χ0n) is 11.2. The third-order valence-electron chi connectivity index (χ3n) is 4.10. The Morgan fingerprint density at radius 1 is 1.15 bits per heavy atom. The number of nitrogens with zero attached hydrogens (tertiary/aromatic N) is 1. The van der Waals surface area contributed by atoms with Gasteiger partial charge in [-0.05, 0) is 50.3 Å². The Balaban J connectivity index is 1.76. The first-order valence-corrected chi connectivity index (χ1v) is 7.69. The third kappa shape index (κ3) is 2.68. The van der Waals surface area contributed by atoms with Gasteiger partial charge in [0, 0.05) is 5.92 Å². The van der Waals surface area contributed by atoms with E-state index in [-0.39, 0.29) is 18.8 Å². The molecule has 0 atom stereocenters. The summed E-state index contributed by atoms with van der Waals surface area (Å²) < 4.78 is 39.1. The molecule has 0 spiro atoms. The van der Waals surface area contributed by atoms with Crippen LogP contribution < -0.4 is 0 Å². The van der Waals surface area contributed by atoms with Crippen molar-refractivity contribution in [3.05, 3.63) is 28.8 Å². The molecule has 0 saturated heterocycles. The maximum absolute atomic E-state index is 12.7. The summed E-state index contributed by atoms with van der Waals surface area (Å²) in [5.74, 6) is -0.915. The summed E-state index contributed by atoms with van der Waals surface area (Å²) in [4.78, 5) is 4.60. The molecule has 0 bridgehead atoms. The Kier molecular flexibility index (Phi) is 3.48. The number of fused-ring (bicyclic) bond motifs is 1. The Morgan fingerprint density at radius 2 is 1.85 bits per heavy atom.